The Balaban J connectivity index is 0.928. The van der Waals surface area contributed by atoms with Crippen LogP contribution in [0.5, 0.6) is 0 Å². The first-order valence-electron chi connectivity index (χ1n) is 26.8. The van der Waals surface area contributed by atoms with E-state index in [1.807, 2.05) is 72.8 Å². The van der Waals surface area contributed by atoms with Crippen LogP contribution in [0, 0.1) is 11.8 Å². The van der Waals surface area contributed by atoms with Crippen molar-refractivity contribution in [1.29, 1.82) is 0 Å². The Morgan fingerprint density at radius 3 is 1.01 bits per heavy atom. The average Bonchev–Trinajstić information content (AvgIpc) is 3.41. The van der Waals surface area contributed by atoms with Gasteiger partial charge in [0.2, 0.25) is 23.4 Å². The summed E-state index contributed by atoms with van der Waals surface area (Å²) in [6, 6.07) is 45.9. The number of Topliss-reactive ketones (excluding diaryl/α,β-unsaturated/α-hetero) is 2. The predicted octanol–water partition coefficient (Wildman–Crippen LogP) is 10.5. The van der Waals surface area contributed by atoms with Gasteiger partial charge >= 0.3 is 0 Å². The summed E-state index contributed by atoms with van der Waals surface area (Å²) in [5.41, 5.74) is 5.00. The lowest BCUT2D eigenvalue weighted by Gasteiger charge is -2.32. The van der Waals surface area contributed by atoms with E-state index in [2.05, 4.69) is 69.8 Å². The summed E-state index contributed by atoms with van der Waals surface area (Å²) in [5, 5.41) is 12.5. The van der Waals surface area contributed by atoms with E-state index in [1.54, 1.807) is 0 Å². The van der Waals surface area contributed by atoms with Gasteiger partial charge in [-0.2, -0.15) is 0 Å². The smallest absolute Gasteiger partial charge is 0.292 e. The fraction of sp³-hybridized carbons (Fsp3) is 0.419. The molecule has 0 heterocycles. The van der Waals surface area contributed by atoms with E-state index in [4.69, 9.17) is 0 Å². The van der Waals surface area contributed by atoms with E-state index in [0.29, 0.717) is 25.7 Å². The molecule has 72 heavy (non-hydrogen) atoms. The second-order valence-electron chi connectivity index (χ2n) is 20.1. The van der Waals surface area contributed by atoms with Crippen LogP contribution in [0.25, 0.3) is 0 Å². The minimum absolute atomic E-state index is 0.0275. The van der Waals surface area contributed by atoms with Crippen molar-refractivity contribution in [2.75, 3.05) is 0 Å². The molecule has 10 nitrogen and oxygen atoms in total. The highest BCUT2D eigenvalue weighted by atomic mass is 16.2. The minimum Gasteiger partial charge on any atom is -0.353 e. The molecule has 4 atom stereocenters. The quantitative estimate of drug-likeness (QED) is 0.0320. The maximum absolute atomic E-state index is 14.1. The normalized spacial score (nSPS) is 17.7. The van der Waals surface area contributed by atoms with Crippen molar-refractivity contribution >= 4 is 35.2 Å². The Morgan fingerprint density at radius 1 is 0.389 bits per heavy atom. The summed E-state index contributed by atoms with van der Waals surface area (Å²) in [4.78, 5) is 82.9. The molecule has 0 radical (unpaired) electrons. The molecular weight excluding hydrogens is 897 g/mol. The van der Waals surface area contributed by atoms with E-state index < -0.39 is 47.3 Å². The maximum atomic E-state index is 14.1. The van der Waals surface area contributed by atoms with E-state index in [9.17, 15) is 28.8 Å². The molecule has 2 aliphatic carbocycles. The highest BCUT2D eigenvalue weighted by Crippen LogP contribution is 2.28. The first kappa shape index (κ1) is 53.1. The summed E-state index contributed by atoms with van der Waals surface area (Å²) in [6.07, 6.45) is 16.3. The van der Waals surface area contributed by atoms with Crippen molar-refractivity contribution in [3.05, 3.63) is 179 Å². The van der Waals surface area contributed by atoms with Crippen molar-refractivity contribution in [3.8, 4) is 0 Å². The number of carbonyl (C=O) groups is 6. The van der Waals surface area contributed by atoms with Crippen LogP contribution in [0.15, 0.2) is 146 Å². The van der Waals surface area contributed by atoms with Gasteiger partial charge in [0.05, 0.1) is 11.8 Å². The molecule has 5 aromatic carbocycles. The lowest BCUT2D eigenvalue weighted by molar-refractivity contribution is -0.129. The number of hydrogen-bond acceptors (Lipinski definition) is 6. The van der Waals surface area contributed by atoms with Crippen LogP contribution in [0.4, 0.5) is 0 Å². The van der Waals surface area contributed by atoms with Gasteiger partial charge in [-0.3, -0.25) is 28.8 Å². The highest BCUT2D eigenvalue weighted by molar-refractivity contribution is 6.45. The van der Waals surface area contributed by atoms with Crippen molar-refractivity contribution in [2.24, 2.45) is 11.8 Å². The number of hydrogen-bond donors (Lipinski definition) is 4. The zero-order chi connectivity index (χ0) is 50.3. The molecule has 2 saturated carbocycles. The summed E-state index contributed by atoms with van der Waals surface area (Å²) < 4.78 is 0. The lowest BCUT2D eigenvalue weighted by atomic mass is 9.83. The predicted molar refractivity (Wildman–Crippen MR) is 284 cm³/mol. The minimum atomic E-state index is -0.856. The number of amides is 4. The molecule has 4 amide bonds. The van der Waals surface area contributed by atoms with Gasteiger partial charge in [0.15, 0.2) is 0 Å². The van der Waals surface area contributed by atoms with E-state index in [-0.39, 0.29) is 35.0 Å². The van der Waals surface area contributed by atoms with E-state index in [1.165, 1.54) is 46.5 Å². The van der Waals surface area contributed by atoms with Crippen molar-refractivity contribution < 1.29 is 28.8 Å². The van der Waals surface area contributed by atoms with Gasteiger partial charge in [0.1, 0.15) is 0 Å². The molecule has 0 bridgehead atoms. The van der Waals surface area contributed by atoms with Crippen LogP contribution in [0.3, 0.4) is 0 Å². The molecule has 0 spiro atoms. The zero-order valence-corrected chi connectivity index (χ0v) is 41.9. The van der Waals surface area contributed by atoms with Crippen molar-refractivity contribution in [3.63, 3.8) is 0 Å². The average molecular weight is 971 g/mol. The maximum Gasteiger partial charge on any atom is 0.292 e. The van der Waals surface area contributed by atoms with Crippen LogP contribution in [0.1, 0.15) is 146 Å². The Bertz CT molecular complexity index is 2240. The standard InChI is InChI=1S/C62H74N4O6/c67-57(61(71)65-55-42-15-13-40-53(55)59(69)63-51(36-17-30-45-22-5-1-6-23-45)37-18-31-46-24-7-2-8-25-46)49-34-21-35-50(44-49)58(68)62(72)66-56-43-16-14-41-54(56)60(70)64-52(38-19-32-47-26-9-3-10-27-47)39-20-33-48-28-11-4-12-29-48/h1-12,21-29,34-35,44,51-56H,13-20,30-33,36-43H2,(H,63,69)(H,64,70)(H,65,71)(H,66,72)/t53-,54-,55+,56+/m1/s1. The third kappa shape index (κ3) is 16.7. The molecule has 5 aromatic rings. The monoisotopic (exact) mass is 971 g/mol. The number of nitrogens with one attached hydrogen (secondary N) is 4. The molecule has 7 rings (SSSR count). The molecule has 4 N–H and O–H groups in total. The fourth-order valence-electron chi connectivity index (χ4n) is 10.7. The van der Waals surface area contributed by atoms with Crippen LogP contribution >= 0.6 is 0 Å². The van der Waals surface area contributed by atoms with Gasteiger partial charge in [0.25, 0.3) is 11.8 Å². The Morgan fingerprint density at radius 2 is 0.694 bits per heavy atom. The molecule has 0 unspecified atom stereocenters. The summed E-state index contributed by atoms with van der Waals surface area (Å²) in [6.45, 7) is 0. The number of benzene rings is 5. The second kappa shape index (κ2) is 28.4. The largest absolute Gasteiger partial charge is 0.353 e. The lowest BCUT2D eigenvalue weighted by Crippen LogP contribution is -2.51. The number of ketones is 2. The summed E-state index contributed by atoms with van der Waals surface area (Å²) in [5.74, 6) is -4.60. The van der Waals surface area contributed by atoms with Gasteiger partial charge in [0, 0.05) is 35.3 Å². The van der Waals surface area contributed by atoms with Crippen LogP contribution < -0.4 is 21.3 Å². The van der Waals surface area contributed by atoms with E-state index >= 15 is 0 Å². The number of carbonyl (C=O) groups excluding carboxylic acids is 6. The van der Waals surface area contributed by atoms with Crippen molar-refractivity contribution in [1.82, 2.24) is 21.3 Å². The first-order valence-corrected chi connectivity index (χ1v) is 26.8. The Labute approximate surface area is 426 Å². The number of rotatable bonds is 26. The molecule has 10 heteroatoms. The van der Waals surface area contributed by atoms with Gasteiger partial charge in [-0.15, -0.1) is 0 Å². The van der Waals surface area contributed by atoms with Gasteiger partial charge in [-0.05, 0) is 131 Å². The molecular formula is C62H74N4O6. The van der Waals surface area contributed by atoms with E-state index in [0.717, 1.165) is 103 Å². The van der Waals surface area contributed by atoms with Gasteiger partial charge in [-0.25, -0.2) is 0 Å². The molecule has 0 aromatic heterocycles. The summed E-state index contributed by atoms with van der Waals surface area (Å²) in [7, 11) is 0. The Kier molecular flexibility index (Phi) is 20.9. The third-order valence-corrected chi connectivity index (χ3v) is 14.8. The van der Waals surface area contributed by atoms with Gasteiger partial charge in [-0.1, -0.05) is 165 Å². The molecule has 2 aliphatic rings. The molecule has 0 aliphatic heterocycles. The van der Waals surface area contributed by atoms with Crippen molar-refractivity contribution in [2.45, 2.75) is 153 Å². The van der Waals surface area contributed by atoms with Gasteiger partial charge < -0.3 is 21.3 Å². The topological polar surface area (TPSA) is 151 Å². The third-order valence-electron chi connectivity index (χ3n) is 14.8. The first-order chi connectivity index (χ1) is 35.2. The zero-order valence-electron chi connectivity index (χ0n) is 41.9. The second-order valence-corrected chi connectivity index (χ2v) is 20.1. The SMILES string of the molecule is O=C(N[C@H]1CCCC[C@H]1C(=O)NC(CCCc1ccccc1)CCCc1ccccc1)C(=O)c1cccc(C(=O)C(=O)N[C@H]2CCCC[C@H]2C(=O)NC(CCCc2ccccc2)CCCc2ccccc2)c1. The fourth-order valence-corrected chi connectivity index (χ4v) is 10.7. The molecule has 0 saturated heterocycles. The Hall–Kier alpha value is -6.68. The highest BCUT2D eigenvalue weighted by Gasteiger charge is 2.36. The van der Waals surface area contributed by atoms with Crippen LogP contribution in [0.2, 0.25) is 0 Å². The summed E-state index contributed by atoms with van der Waals surface area (Å²) >= 11 is 0. The van der Waals surface area contributed by atoms with Crippen LogP contribution in [-0.4, -0.2) is 59.4 Å². The number of aryl methyl sites for hydroxylation is 4. The molecule has 2 fully saturated rings. The van der Waals surface area contributed by atoms with Crippen LogP contribution in [-0.2, 0) is 44.9 Å². The molecule has 378 valence electrons.